The Morgan fingerprint density at radius 2 is 2.17 bits per heavy atom. The molecule has 2 N–H and O–H groups in total. The van der Waals surface area contributed by atoms with Crippen molar-refractivity contribution in [3.8, 4) is 15.6 Å². The molecule has 4 nitrogen and oxygen atoms in total. The van der Waals surface area contributed by atoms with Gasteiger partial charge in [-0.15, -0.1) is 22.7 Å². The Bertz CT molecular complexity index is 741. The van der Waals surface area contributed by atoms with Crippen molar-refractivity contribution in [2.75, 3.05) is 13.7 Å². The van der Waals surface area contributed by atoms with E-state index in [-0.39, 0.29) is 12.6 Å². The predicted molar refractivity (Wildman–Crippen MR) is 95.1 cm³/mol. The molecule has 3 rings (SSSR count). The minimum atomic E-state index is -0.142. The number of ether oxygens (including phenoxy) is 1. The number of thiophene rings is 1. The summed E-state index contributed by atoms with van der Waals surface area (Å²) in [6.07, 6.45) is 0. The van der Waals surface area contributed by atoms with Crippen LogP contribution in [0.4, 0.5) is 0 Å². The molecular weight excluding hydrogens is 328 g/mol. The average molecular weight is 346 g/mol. The lowest BCUT2D eigenvalue weighted by Gasteiger charge is -2.16. The zero-order valence-electron chi connectivity index (χ0n) is 12.7. The fourth-order valence-corrected chi connectivity index (χ4v) is 3.91. The van der Waals surface area contributed by atoms with Crippen molar-refractivity contribution in [3.63, 3.8) is 0 Å². The SMILES string of the molecule is COc1cccc(C(CO)NCc2csc(-c3cccs3)n2)c1. The van der Waals surface area contributed by atoms with Gasteiger partial charge in [-0.1, -0.05) is 18.2 Å². The van der Waals surface area contributed by atoms with Gasteiger partial charge in [0.05, 0.1) is 30.3 Å². The Morgan fingerprint density at radius 1 is 1.26 bits per heavy atom. The first-order valence-electron chi connectivity index (χ1n) is 7.26. The zero-order chi connectivity index (χ0) is 16.1. The maximum atomic E-state index is 9.66. The molecule has 1 aromatic carbocycles. The van der Waals surface area contributed by atoms with Crippen molar-refractivity contribution in [2.24, 2.45) is 0 Å². The highest BCUT2D eigenvalue weighted by atomic mass is 32.1. The molecule has 0 aliphatic heterocycles. The van der Waals surface area contributed by atoms with Crippen LogP contribution in [-0.4, -0.2) is 23.8 Å². The summed E-state index contributed by atoms with van der Waals surface area (Å²) < 4.78 is 5.24. The van der Waals surface area contributed by atoms with Crippen LogP contribution in [0.2, 0.25) is 0 Å². The van der Waals surface area contributed by atoms with Gasteiger partial charge in [0.1, 0.15) is 10.8 Å². The third-order valence-corrected chi connectivity index (χ3v) is 5.42. The number of benzene rings is 1. The highest BCUT2D eigenvalue weighted by Crippen LogP contribution is 2.28. The number of rotatable bonds is 7. The number of hydrogen-bond donors (Lipinski definition) is 2. The molecule has 120 valence electrons. The molecule has 3 aromatic rings. The number of aliphatic hydroxyl groups is 1. The van der Waals surface area contributed by atoms with Crippen molar-refractivity contribution in [2.45, 2.75) is 12.6 Å². The van der Waals surface area contributed by atoms with Crippen LogP contribution in [0.1, 0.15) is 17.3 Å². The first kappa shape index (κ1) is 16.1. The Hall–Kier alpha value is -1.73. The van der Waals surface area contributed by atoms with Gasteiger partial charge in [0.2, 0.25) is 0 Å². The van der Waals surface area contributed by atoms with E-state index in [1.807, 2.05) is 30.3 Å². The summed E-state index contributed by atoms with van der Waals surface area (Å²) in [6, 6.07) is 11.7. The Balaban J connectivity index is 1.66. The lowest BCUT2D eigenvalue weighted by molar-refractivity contribution is 0.243. The van der Waals surface area contributed by atoms with Crippen LogP contribution in [0.5, 0.6) is 5.75 Å². The molecule has 1 atom stereocenters. The Morgan fingerprint density at radius 3 is 2.91 bits per heavy atom. The number of methoxy groups -OCH3 is 1. The molecule has 0 saturated heterocycles. The number of aromatic nitrogens is 1. The second-order valence-corrected chi connectivity index (χ2v) is 6.82. The standard InChI is InChI=1S/C17H18N2O2S2/c1-21-14-5-2-4-12(8-14)15(10-20)18-9-13-11-23-17(19-13)16-6-3-7-22-16/h2-8,11,15,18,20H,9-10H2,1H3. The summed E-state index contributed by atoms with van der Waals surface area (Å²) in [5.74, 6) is 0.788. The molecule has 0 bridgehead atoms. The molecule has 1 unspecified atom stereocenters. The highest BCUT2D eigenvalue weighted by molar-refractivity contribution is 7.20. The molecule has 0 amide bonds. The van der Waals surface area contributed by atoms with Gasteiger partial charge in [-0.2, -0.15) is 0 Å². The first-order valence-corrected chi connectivity index (χ1v) is 9.02. The number of aliphatic hydroxyl groups excluding tert-OH is 1. The molecule has 0 spiro atoms. The van der Waals surface area contributed by atoms with E-state index in [0.29, 0.717) is 6.54 Å². The minimum absolute atomic E-state index is 0.0229. The lowest BCUT2D eigenvalue weighted by atomic mass is 10.1. The summed E-state index contributed by atoms with van der Waals surface area (Å²) in [4.78, 5) is 5.83. The third-order valence-electron chi connectivity index (χ3n) is 3.49. The van der Waals surface area contributed by atoms with Crippen LogP contribution >= 0.6 is 22.7 Å². The van der Waals surface area contributed by atoms with E-state index >= 15 is 0 Å². The molecule has 2 aromatic heterocycles. The van der Waals surface area contributed by atoms with Crippen LogP contribution in [0.15, 0.2) is 47.2 Å². The second-order valence-electron chi connectivity index (χ2n) is 5.01. The molecule has 0 aliphatic carbocycles. The summed E-state index contributed by atoms with van der Waals surface area (Å²) in [6.45, 7) is 0.638. The van der Waals surface area contributed by atoms with Crippen molar-refractivity contribution in [1.82, 2.24) is 10.3 Å². The molecular formula is C17H18N2O2S2. The van der Waals surface area contributed by atoms with E-state index in [9.17, 15) is 5.11 Å². The smallest absolute Gasteiger partial charge is 0.133 e. The zero-order valence-corrected chi connectivity index (χ0v) is 14.4. The second kappa shape index (κ2) is 7.70. The molecule has 0 radical (unpaired) electrons. The van der Waals surface area contributed by atoms with E-state index in [0.717, 1.165) is 22.0 Å². The van der Waals surface area contributed by atoms with Crippen LogP contribution in [0, 0.1) is 0 Å². The molecule has 0 saturated carbocycles. The first-order chi connectivity index (χ1) is 11.3. The van der Waals surface area contributed by atoms with Crippen molar-refractivity contribution >= 4 is 22.7 Å². The Labute approximate surface area is 143 Å². The van der Waals surface area contributed by atoms with Crippen molar-refractivity contribution in [3.05, 3.63) is 58.4 Å². The molecule has 0 fully saturated rings. The average Bonchev–Trinajstić information content (AvgIpc) is 3.27. The van der Waals surface area contributed by atoms with Gasteiger partial charge in [-0.05, 0) is 29.1 Å². The van der Waals surface area contributed by atoms with Gasteiger partial charge in [0, 0.05) is 11.9 Å². The maximum Gasteiger partial charge on any atom is 0.133 e. The maximum absolute atomic E-state index is 9.66. The minimum Gasteiger partial charge on any atom is -0.497 e. The van der Waals surface area contributed by atoms with Crippen LogP contribution in [-0.2, 0) is 6.54 Å². The summed E-state index contributed by atoms with van der Waals surface area (Å²) >= 11 is 3.34. The summed E-state index contributed by atoms with van der Waals surface area (Å²) in [5.41, 5.74) is 1.99. The largest absolute Gasteiger partial charge is 0.497 e. The summed E-state index contributed by atoms with van der Waals surface area (Å²) in [5, 5.41) is 18.2. The molecule has 0 aliphatic rings. The third kappa shape index (κ3) is 3.97. The van der Waals surface area contributed by atoms with Crippen LogP contribution in [0.25, 0.3) is 9.88 Å². The van der Waals surface area contributed by atoms with Gasteiger partial charge >= 0.3 is 0 Å². The monoisotopic (exact) mass is 346 g/mol. The number of nitrogens with zero attached hydrogens (tertiary/aromatic N) is 1. The molecule has 2 heterocycles. The quantitative estimate of drug-likeness (QED) is 0.685. The lowest BCUT2D eigenvalue weighted by Crippen LogP contribution is -2.24. The van der Waals surface area contributed by atoms with Crippen molar-refractivity contribution < 1.29 is 9.84 Å². The normalized spacial score (nSPS) is 12.3. The molecule has 6 heteroatoms. The van der Waals surface area contributed by atoms with Crippen LogP contribution < -0.4 is 10.1 Å². The van der Waals surface area contributed by atoms with Gasteiger partial charge in [-0.3, -0.25) is 0 Å². The van der Waals surface area contributed by atoms with E-state index in [1.54, 1.807) is 29.8 Å². The van der Waals surface area contributed by atoms with E-state index in [4.69, 9.17) is 4.74 Å². The van der Waals surface area contributed by atoms with E-state index < -0.39 is 0 Å². The summed E-state index contributed by atoms with van der Waals surface area (Å²) in [7, 11) is 1.64. The van der Waals surface area contributed by atoms with Gasteiger partial charge in [0.25, 0.3) is 0 Å². The topological polar surface area (TPSA) is 54.4 Å². The van der Waals surface area contributed by atoms with Gasteiger partial charge in [0.15, 0.2) is 0 Å². The number of thiazole rings is 1. The predicted octanol–water partition coefficient (Wildman–Crippen LogP) is 3.70. The van der Waals surface area contributed by atoms with E-state index in [1.165, 1.54) is 4.88 Å². The van der Waals surface area contributed by atoms with Gasteiger partial charge in [-0.25, -0.2) is 4.98 Å². The van der Waals surface area contributed by atoms with Crippen molar-refractivity contribution in [1.29, 1.82) is 0 Å². The van der Waals surface area contributed by atoms with E-state index in [2.05, 4.69) is 27.1 Å². The van der Waals surface area contributed by atoms with Gasteiger partial charge < -0.3 is 15.2 Å². The molecule has 23 heavy (non-hydrogen) atoms. The number of hydrogen-bond acceptors (Lipinski definition) is 6. The Kier molecular flexibility index (Phi) is 5.40. The highest BCUT2D eigenvalue weighted by Gasteiger charge is 2.12. The number of nitrogens with one attached hydrogen (secondary N) is 1. The van der Waals surface area contributed by atoms with Crippen LogP contribution in [0.3, 0.4) is 0 Å². The fourth-order valence-electron chi connectivity index (χ4n) is 2.28. The fraction of sp³-hybridized carbons (Fsp3) is 0.235.